The zero-order valence-corrected chi connectivity index (χ0v) is 10.1. The highest BCUT2D eigenvalue weighted by atomic mass is 16.5. The maximum absolute atomic E-state index is 11.9. The Morgan fingerprint density at radius 3 is 2.00 bits per heavy atom. The van der Waals surface area contributed by atoms with Crippen LogP contribution in [0.3, 0.4) is 0 Å². The summed E-state index contributed by atoms with van der Waals surface area (Å²) in [6, 6.07) is 0. The molecule has 0 aromatic rings. The molecule has 0 aromatic carbocycles. The molecule has 1 unspecified atom stereocenters. The van der Waals surface area contributed by atoms with Crippen LogP contribution in [0.5, 0.6) is 0 Å². The number of carbonyl (C=O) groups excluding carboxylic acids is 2. The zero-order chi connectivity index (χ0) is 11.8. The molecular formula is C11H21NO3. The highest BCUT2D eigenvalue weighted by Crippen LogP contribution is 2.10. The summed E-state index contributed by atoms with van der Waals surface area (Å²) in [5, 5.41) is 0. The van der Waals surface area contributed by atoms with Gasteiger partial charge in [-0.15, -0.1) is 0 Å². The lowest BCUT2D eigenvalue weighted by Crippen LogP contribution is -2.39. The summed E-state index contributed by atoms with van der Waals surface area (Å²) < 4.78 is 4.87. The molecule has 0 aliphatic carbocycles. The van der Waals surface area contributed by atoms with Crippen molar-refractivity contribution in [2.75, 3.05) is 19.7 Å². The van der Waals surface area contributed by atoms with E-state index in [-0.39, 0.29) is 5.91 Å². The third-order valence-corrected chi connectivity index (χ3v) is 2.35. The molecule has 0 bridgehead atoms. The molecule has 0 aliphatic rings. The van der Waals surface area contributed by atoms with Crippen molar-refractivity contribution < 1.29 is 14.3 Å². The number of esters is 1. The van der Waals surface area contributed by atoms with Gasteiger partial charge in [0.05, 0.1) is 6.61 Å². The summed E-state index contributed by atoms with van der Waals surface area (Å²) in [5.41, 5.74) is 0. The quantitative estimate of drug-likeness (QED) is 0.497. The van der Waals surface area contributed by atoms with Crippen LogP contribution in [0.1, 0.15) is 34.1 Å². The molecule has 0 fully saturated rings. The lowest BCUT2D eigenvalue weighted by Gasteiger charge is -2.23. The molecule has 0 heterocycles. The first-order chi connectivity index (χ1) is 7.12. The van der Waals surface area contributed by atoms with Crippen molar-refractivity contribution in [3.63, 3.8) is 0 Å². The fourth-order valence-electron chi connectivity index (χ4n) is 1.44. The summed E-state index contributed by atoms with van der Waals surface area (Å²) in [4.78, 5) is 25.0. The summed E-state index contributed by atoms with van der Waals surface area (Å²) in [6.45, 7) is 8.95. The van der Waals surface area contributed by atoms with Crippen LogP contribution in [-0.4, -0.2) is 36.5 Å². The number of carbonyl (C=O) groups is 2. The third kappa shape index (κ3) is 3.90. The van der Waals surface area contributed by atoms with Crippen molar-refractivity contribution in [2.24, 2.45) is 5.92 Å². The van der Waals surface area contributed by atoms with Gasteiger partial charge in [0.15, 0.2) is 0 Å². The largest absolute Gasteiger partial charge is 0.465 e. The second-order valence-electron chi connectivity index (χ2n) is 3.22. The molecule has 4 nitrogen and oxygen atoms in total. The first-order valence-corrected chi connectivity index (χ1v) is 5.57. The normalized spacial score (nSPS) is 12.0. The van der Waals surface area contributed by atoms with E-state index in [0.717, 1.165) is 0 Å². The van der Waals surface area contributed by atoms with Crippen molar-refractivity contribution in [2.45, 2.75) is 34.1 Å². The molecule has 0 N–H and O–H groups in total. The minimum Gasteiger partial charge on any atom is -0.465 e. The summed E-state index contributed by atoms with van der Waals surface area (Å²) in [5.74, 6) is -1.16. The van der Waals surface area contributed by atoms with E-state index in [9.17, 15) is 9.59 Å². The summed E-state index contributed by atoms with van der Waals surface area (Å²) in [7, 11) is 0. The molecule has 15 heavy (non-hydrogen) atoms. The van der Waals surface area contributed by atoms with E-state index >= 15 is 0 Å². The van der Waals surface area contributed by atoms with Gasteiger partial charge < -0.3 is 9.64 Å². The fraction of sp³-hybridized carbons (Fsp3) is 0.818. The van der Waals surface area contributed by atoms with E-state index in [1.807, 2.05) is 20.8 Å². The predicted molar refractivity (Wildman–Crippen MR) is 58.3 cm³/mol. The molecule has 0 aromatic heterocycles. The topological polar surface area (TPSA) is 46.6 Å². The van der Waals surface area contributed by atoms with E-state index in [0.29, 0.717) is 26.1 Å². The number of amides is 1. The molecule has 0 saturated carbocycles. The number of rotatable bonds is 6. The average molecular weight is 215 g/mol. The van der Waals surface area contributed by atoms with Crippen LogP contribution >= 0.6 is 0 Å². The number of hydrogen-bond donors (Lipinski definition) is 0. The van der Waals surface area contributed by atoms with E-state index in [2.05, 4.69) is 0 Å². The zero-order valence-electron chi connectivity index (χ0n) is 10.1. The average Bonchev–Trinajstić information content (AvgIpc) is 2.21. The Hall–Kier alpha value is -1.06. The summed E-state index contributed by atoms with van der Waals surface area (Å²) in [6.07, 6.45) is 0.494. The highest BCUT2D eigenvalue weighted by molar-refractivity contribution is 5.97. The Balaban J connectivity index is 4.51. The first kappa shape index (κ1) is 13.9. The van der Waals surface area contributed by atoms with Crippen LogP contribution in [0.4, 0.5) is 0 Å². The van der Waals surface area contributed by atoms with Crippen molar-refractivity contribution in [3.8, 4) is 0 Å². The van der Waals surface area contributed by atoms with Crippen LogP contribution < -0.4 is 0 Å². The van der Waals surface area contributed by atoms with Gasteiger partial charge in [-0.2, -0.15) is 0 Å². The SMILES string of the molecule is CCOC(=O)C(CC)C(=O)N(CC)CC. The van der Waals surface area contributed by atoms with Gasteiger partial charge in [-0.1, -0.05) is 6.92 Å². The molecule has 0 saturated heterocycles. The van der Waals surface area contributed by atoms with Crippen LogP contribution in [0.15, 0.2) is 0 Å². The van der Waals surface area contributed by atoms with Gasteiger partial charge in [0.2, 0.25) is 5.91 Å². The number of nitrogens with zero attached hydrogens (tertiary/aromatic N) is 1. The minimum atomic E-state index is -0.634. The van der Waals surface area contributed by atoms with Crippen molar-refractivity contribution in [1.29, 1.82) is 0 Å². The van der Waals surface area contributed by atoms with Crippen molar-refractivity contribution in [1.82, 2.24) is 4.90 Å². The number of hydrogen-bond acceptors (Lipinski definition) is 3. The molecule has 0 aliphatic heterocycles. The molecule has 0 radical (unpaired) electrons. The van der Waals surface area contributed by atoms with E-state index in [1.54, 1.807) is 11.8 Å². The van der Waals surface area contributed by atoms with E-state index in [4.69, 9.17) is 4.74 Å². The second-order valence-corrected chi connectivity index (χ2v) is 3.22. The van der Waals surface area contributed by atoms with Gasteiger partial charge in [0.1, 0.15) is 5.92 Å². The Bertz CT molecular complexity index is 212. The Morgan fingerprint density at radius 1 is 1.13 bits per heavy atom. The van der Waals surface area contributed by atoms with Gasteiger partial charge in [0.25, 0.3) is 0 Å². The summed E-state index contributed by atoms with van der Waals surface area (Å²) >= 11 is 0. The van der Waals surface area contributed by atoms with Gasteiger partial charge in [-0.05, 0) is 27.2 Å². The van der Waals surface area contributed by atoms with Crippen molar-refractivity contribution >= 4 is 11.9 Å². The maximum Gasteiger partial charge on any atom is 0.318 e. The Morgan fingerprint density at radius 2 is 1.67 bits per heavy atom. The Kier molecular flexibility index (Phi) is 6.75. The molecule has 4 heteroatoms. The molecule has 0 spiro atoms. The standard InChI is InChI=1S/C11H21NO3/c1-5-9(11(14)15-8-4)10(13)12(6-2)7-3/h9H,5-8H2,1-4H3. The fourth-order valence-corrected chi connectivity index (χ4v) is 1.44. The first-order valence-electron chi connectivity index (χ1n) is 5.57. The number of ether oxygens (including phenoxy) is 1. The van der Waals surface area contributed by atoms with E-state index in [1.165, 1.54) is 0 Å². The lowest BCUT2D eigenvalue weighted by atomic mass is 10.1. The van der Waals surface area contributed by atoms with Gasteiger partial charge in [0, 0.05) is 13.1 Å². The predicted octanol–water partition coefficient (Wildman–Crippen LogP) is 1.44. The molecule has 1 amide bonds. The lowest BCUT2D eigenvalue weighted by molar-refractivity contribution is -0.155. The van der Waals surface area contributed by atoms with Crippen molar-refractivity contribution in [3.05, 3.63) is 0 Å². The van der Waals surface area contributed by atoms with Gasteiger partial charge in [-0.3, -0.25) is 9.59 Å². The Labute approximate surface area is 91.6 Å². The van der Waals surface area contributed by atoms with Crippen LogP contribution in [0.25, 0.3) is 0 Å². The maximum atomic E-state index is 11.9. The highest BCUT2D eigenvalue weighted by Gasteiger charge is 2.28. The molecule has 0 rings (SSSR count). The molecule has 1 atom stereocenters. The van der Waals surface area contributed by atoms with Gasteiger partial charge in [-0.25, -0.2) is 0 Å². The molecular weight excluding hydrogens is 194 g/mol. The van der Waals surface area contributed by atoms with E-state index < -0.39 is 11.9 Å². The third-order valence-electron chi connectivity index (χ3n) is 2.35. The van der Waals surface area contributed by atoms with Gasteiger partial charge >= 0.3 is 5.97 Å². The van der Waals surface area contributed by atoms with Crippen LogP contribution in [-0.2, 0) is 14.3 Å². The van der Waals surface area contributed by atoms with Crippen LogP contribution in [0.2, 0.25) is 0 Å². The minimum absolute atomic E-state index is 0.124. The monoisotopic (exact) mass is 215 g/mol. The van der Waals surface area contributed by atoms with Crippen LogP contribution in [0, 0.1) is 5.92 Å². The molecule has 88 valence electrons. The smallest absolute Gasteiger partial charge is 0.318 e. The second kappa shape index (κ2) is 7.26.